The molecule has 0 radical (unpaired) electrons. The van der Waals surface area contributed by atoms with Gasteiger partial charge in [0.15, 0.2) is 0 Å². The average Bonchev–Trinajstić information content (AvgIpc) is 3.02. The first-order chi connectivity index (χ1) is 21.5. The van der Waals surface area contributed by atoms with E-state index >= 15 is 0 Å². The summed E-state index contributed by atoms with van der Waals surface area (Å²) in [5.41, 5.74) is 2.70. The standard InChI is InChI=1S/C35H37Cl2N3O4S/c1-25(2)22-38-35(42)33(20-27-12-6-4-7-13-27)39(23-28-14-10-11-26(3)19-28)34(41)24-40(32-21-29(36)17-18-31(32)37)45(43,44)30-15-8-5-9-16-30/h4-19,21,25,33H,20,22-24H2,1-3H3,(H,38,42). The van der Waals surface area contributed by atoms with Crippen LogP contribution in [0.1, 0.15) is 30.5 Å². The van der Waals surface area contributed by atoms with Crippen LogP contribution in [0, 0.1) is 12.8 Å². The molecule has 0 saturated carbocycles. The molecule has 0 bridgehead atoms. The maximum atomic E-state index is 14.5. The van der Waals surface area contributed by atoms with Crippen molar-refractivity contribution < 1.29 is 18.0 Å². The van der Waals surface area contributed by atoms with Gasteiger partial charge in [0.2, 0.25) is 11.8 Å². The third-order valence-corrected chi connectivity index (χ3v) is 9.51. The summed E-state index contributed by atoms with van der Waals surface area (Å²) in [4.78, 5) is 29.8. The Hall–Kier alpha value is -3.85. The van der Waals surface area contributed by atoms with Crippen LogP contribution in [-0.4, -0.2) is 44.3 Å². The lowest BCUT2D eigenvalue weighted by molar-refractivity contribution is -0.140. The quantitative estimate of drug-likeness (QED) is 0.168. The van der Waals surface area contributed by atoms with Gasteiger partial charge in [-0.3, -0.25) is 13.9 Å². The van der Waals surface area contributed by atoms with Crippen LogP contribution in [0.15, 0.2) is 108 Å². The Morgan fingerprint density at radius 1 is 0.822 bits per heavy atom. The zero-order valence-electron chi connectivity index (χ0n) is 25.5. The van der Waals surface area contributed by atoms with E-state index in [1.807, 2.05) is 75.4 Å². The normalized spacial score (nSPS) is 12.0. The number of nitrogens with zero attached hydrogens (tertiary/aromatic N) is 2. The molecule has 45 heavy (non-hydrogen) atoms. The van der Waals surface area contributed by atoms with Crippen LogP contribution in [0.4, 0.5) is 5.69 Å². The van der Waals surface area contributed by atoms with Crippen LogP contribution >= 0.6 is 23.2 Å². The van der Waals surface area contributed by atoms with E-state index in [4.69, 9.17) is 23.2 Å². The van der Waals surface area contributed by atoms with Gasteiger partial charge >= 0.3 is 0 Å². The molecule has 0 aliphatic carbocycles. The first-order valence-corrected chi connectivity index (χ1v) is 16.8. The molecule has 0 aliphatic rings. The van der Waals surface area contributed by atoms with E-state index in [9.17, 15) is 18.0 Å². The van der Waals surface area contributed by atoms with E-state index in [2.05, 4.69) is 5.32 Å². The van der Waals surface area contributed by atoms with Crippen molar-refractivity contribution in [2.24, 2.45) is 5.92 Å². The number of carbonyl (C=O) groups is 2. The third-order valence-electron chi connectivity index (χ3n) is 7.18. The molecule has 10 heteroatoms. The van der Waals surface area contributed by atoms with Crippen LogP contribution in [0.2, 0.25) is 10.0 Å². The van der Waals surface area contributed by atoms with Gasteiger partial charge in [-0.25, -0.2) is 8.42 Å². The molecule has 0 fully saturated rings. The first-order valence-electron chi connectivity index (χ1n) is 14.6. The molecular formula is C35H37Cl2N3O4S. The minimum absolute atomic E-state index is 0.0189. The predicted octanol–water partition coefficient (Wildman–Crippen LogP) is 6.91. The smallest absolute Gasteiger partial charge is 0.264 e. The second kappa shape index (κ2) is 15.4. The monoisotopic (exact) mass is 665 g/mol. The maximum Gasteiger partial charge on any atom is 0.264 e. The lowest BCUT2D eigenvalue weighted by Crippen LogP contribution is -2.53. The fraction of sp³-hybridized carbons (Fsp3) is 0.257. The van der Waals surface area contributed by atoms with Crippen LogP contribution in [0.3, 0.4) is 0 Å². The van der Waals surface area contributed by atoms with Gasteiger partial charge in [-0.2, -0.15) is 0 Å². The molecule has 1 unspecified atom stereocenters. The second-order valence-corrected chi connectivity index (χ2v) is 14.0. The van der Waals surface area contributed by atoms with E-state index < -0.39 is 28.5 Å². The van der Waals surface area contributed by atoms with Crippen LogP contribution in [0.5, 0.6) is 0 Å². The first kappa shape index (κ1) is 34.0. The Labute approximate surface area is 275 Å². The van der Waals surface area contributed by atoms with Crippen LogP contribution in [0.25, 0.3) is 0 Å². The molecule has 0 saturated heterocycles. The van der Waals surface area contributed by atoms with Crippen molar-refractivity contribution >= 4 is 50.7 Å². The number of benzene rings is 4. The summed E-state index contributed by atoms with van der Waals surface area (Å²) in [5.74, 6) is -0.719. The number of amides is 2. The number of halogens is 2. The molecule has 0 aliphatic heterocycles. The summed E-state index contributed by atoms with van der Waals surface area (Å²) in [6.07, 6.45) is 0.228. The molecule has 4 aromatic rings. The Bertz CT molecular complexity index is 1720. The lowest BCUT2D eigenvalue weighted by atomic mass is 10.0. The van der Waals surface area contributed by atoms with Gasteiger partial charge in [0.25, 0.3) is 10.0 Å². The number of carbonyl (C=O) groups excluding carboxylic acids is 2. The number of anilines is 1. The zero-order valence-corrected chi connectivity index (χ0v) is 27.8. The van der Waals surface area contributed by atoms with E-state index in [1.54, 1.807) is 24.3 Å². The number of sulfonamides is 1. The van der Waals surface area contributed by atoms with Crippen molar-refractivity contribution in [3.05, 3.63) is 130 Å². The molecular weight excluding hydrogens is 629 g/mol. The van der Waals surface area contributed by atoms with Crippen molar-refractivity contribution in [2.45, 2.75) is 44.7 Å². The minimum atomic E-state index is -4.29. The highest BCUT2D eigenvalue weighted by Crippen LogP contribution is 2.33. The molecule has 4 rings (SSSR count). The van der Waals surface area contributed by atoms with Crippen molar-refractivity contribution in [2.75, 3.05) is 17.4 Å². The summed E-state index contributed by atoms with van der Waals surface area (Å²) in [7, 11) is -4.29. The number of hydrogen-bond acceptors (Lipinski definition) is 4. The highest BCUT2D eigenvalue weighted by Gasteiger charge is 2.35. The maximum absolute atomic E-state index is 14.5. The van der Waals surface area contributed by atoms with Gasteiger partial charge in [-0.1, -0.05) is 115 Å². The topological polar surface area (TPSA) is 86.8 Å². The molecule has 0 spiro atoms. The summed E-state index contributed by atoms with van der Waals surface area (Å²) in [5, 5.41) is 3.35. The largest absolute Gasteiger partial charge is 0.354 e. The van der Waals surface area contributed by atoms with Gasteiger partial charge in [0, 0.05) is 24.5 Å². The summed E-state index contributed by atoms with van der Waals surface area (Å²) in [6, 6.07) is 28.4. The highest BCUT2D eigenvalue weighted by atomic mass is 35.5. The SMILES string of the molecule is Cc1cccc(CN(C(=O)CN(c2cc(Cl)ccc2Cl)S(=O)(=O)c2ccccc2)C(Cc2ccccc2)C(=O)NCC(C)C)c1. The summed E-state index contributed by atoms with van der Waals surface area (Å²) < 4.78 is 29.2. The van der Waals surface area contributed by atoms with E-state index in [0.29, 0.717) is 6.54 Å². The Morgan fingerprint density at radius 2 is 1.47 bits per heavy atom. The van der Waals surface area contributed by atoms with Gasteiger partial charge < -0.3 is 10.2 Å². The van der Waals surface area contributed by atoms with Crippen molar-refractivity contribution in [1.29, 1.82) is 0 Å². The fourth-order valence-corrected chi connectivity index (χ4v) is 6.78. The molecule has 0 heterocycles. The zero-order chi connectivity index (χ0) is 32.6. The second-order valence-electron chi connectivity index (χ2n) is 11.3. The van der Waals surface area contributed by atoms with Crippen LogP contribution in [-0.2, 0) is 32.6 Å². The van der Waals surface area contributed by atoms with Crippen molar-refractivity contribution in [3.8, 4) is 0 Å². The number of aryl methyl sites for hydroxylation is 1. The minimum Gasteiger partial charge on any atom is -0.354 e. The molecule has 4 aromatic carbocycles. The van der Waals surface area contributed by atoms with Gasteiger partial charge in [-0.15, -0.1) is 0 Å². The molecule has 0 aromatic heterocycles. The number of rotatable bonds is 13. The predicted molar refractivity (Wildman–Crippen MR) is 181 cm³/mol. The Balaban J connectivity index is 1.82. The number of nitrogens with one attached hydrogen (secondary N) is 1. The molecule has 2 amide bonds. The summed E-state index contributed by atoms with van der Waals surface area (Å²) in [6.45, 7) is 5.80. The Kier molecular flexibility index (Phi) is 11.7. The van der Waals surface area contributed by atoms with Gasteiger partial charge in [-0.05, 0) is 54.3 Å². The number of hydrogen-bond donors (Lipinski definition) is 1. The van der Waals surface area contributed by atoms with E-state index in [1.165, 1.54) is 29.2 Å². The van der Waals surface area contributed by atoms with Gasteiger partial charge in [0.1, 0.15) is 12.6 Å². The van der Waals surface area contributed by atoms with Crippen LogP contribution < -0.4 is 9.62 Å². The van der Waals surface area contributed by atoms with Crippen molar-refractivity contribution in [1.82, 2.24) is 10.2 Å². The summed E-state index contributed by atoms with van der Waals surface area (Å²) >= 11 is 12.8. The van der Waals surface area contributed by atoms with Gasteiger partial charge in [0.05, 0.1) is 15.6 Å². The molecule has 236 valence electrons. The molecule has 7 nitrogen and oxygen atoms in total. The Morgan fingerprint density at radius 3 is 2.11 bits per heavy atom. The van der Waals surface area contributed by atoms with Crippen molar-refractivity contribution in [3.63, 3.8) is 0 Å². The fourth-order valence-electron chi connectivity index (χ4n) is 4.89. The van der Waals surface area contributed by atoms with E-state index in [0.717, 1.165) is 21.0 Å². The highest BCUT2D eigenvalue weighted by molar-refractivity contribution is 7.92. The average molecular weight is 667 g/mol. The van der Waals surface area contributed by atoms with E-state index in [-0.39, 0.29) is 45.4 Å². The third kappa shape index (κ3) is 9.10. The molecule has 1 atom stereocenters. The lowest BCUT2D eigenvalue weighted by Gasteiger charge is -2.34. The molecule has 1 N–H and O–H groups in total.